The fraction of sp³-hybridized carbons (Fsp3) is 0.562. The Bertz CT molecular complexity index is 541. The van der Waals surface area contributed by atoms with Crippen molar-refractivity contribution < 1.29 is 14.3 Å². The van der Waals surface area contributed by atoms with E-state index in [0.717, 1.165) is 49.8 Å². The molecule has 1 fully saturated rings. The third kappa shape index (κ3) is 3.05. The van der Waals surface area contributed by atoms with Crippen molar-refractivity contribution in [3.63, 3.8) is 0 Å². The summed E-state index contributed by atoms with van der Waals surface area (Å²) in [6.07, 6.45) is 0.947. The molecule has 0 spiro atoms. The Balaban J connectivity index is 1.56. The van der Waals surface area contributed by atoms with Gasteiger partial charge < -0.3 is 24.6 Å². The number of piperazine rings is 1. The first-order valence-electron chi connectivity index (χ1n) is 7.87. The summed E-state index contributed by atoms with van der Waals surface area (Å²) >= 11 is 0. The lowest BCUT2D eigenvalue weighted by molar-refractivity contribution is 0.174. The highest BCUT2D eigenvalue weighted by molar-refractivity contribution is 5.75. The molecule has 3 rings (SSSR count). The fourth-order valence-electron chi connectivity index (χ4n) is 2.65. The largest absolute Gasteiger partial charge is 0.454 e. The maximum absolute atomic E-state index is 12.1. The van der Waals surface area contributed by atoms with E-state index in [0.29, 0.717) is 6.79 Å². The Morgan fingerprint density at radius 1 is 1.23 bits per heavy atom. The predicted octanol–water partition coefficient (Wildman–Crippen LogP) is 2.05. The maximum atomic E-state index is 12.1. The number of ether oxygens (including phenoxy) is 2. The van der Waals surface area contributed by atoms with Gasteiger partial charge in [-0.25, -0.2) is 4.79 Å². The van der Waals surface area contributed by atoms with E-state index in [2.05, 4.69) is 17.1 Å². The molecular formula is C16H23N3O3. The second-order valence-corrected chi connectivity index (χ2v) is 5.77. The molecule has 1 atom stereocenters. The molecule has 2 aliphatic rings. The Morgan fingerprint density at radius 3 is 2.68 bits per heavy atom. The van der Waals surface area contributed by atoms with Gasteiger partial charge in [-0.05, 0) is 25.5 Å². The minimum Gasteiger partial charge on any atom is -0.454 e. The normalized spacial score (nSPS) is 18.3. The van der Waals surface area contributed by atoms with Gasteiger partial charge >= 0.3 is 6.03 Å². The van der Waals surface area contributed by atoms with Crippen LogP contribution in [0, 0.1) is 0 Å². The first kappa shape index (κ1) is 14.8. The van der Waals surface area contributed by atoms with E-state index < -0.39 is 0 Å². The molecule has 1 saturated heterocycles. The molecule has 0 radical (unpaired) electrons. The highest BCUT2D eigenvalue weighted by Crippen LogP contribution is 2.35. The van der Waals surface area contributed by atoms with Crippen LogP contribution in [-0.2, 0) is 0 Å². The van der Waals surface area contributed by atoms with Crippen LogP contribution in [0.3, 0.4) is 0 Å². The highest BCUT2D eigenvalue weighted by Gasteiger charge is 2.23. The number of fused-ring (bicyclic) bond motifs is 1. The van der Waals surface area contributed by atoms with Gasteiger partial charge in [0.1, 0.15) is 0 Å². The van der Waals surface area contributed by atoms with Gasteiger partial charge in [0.2, 0.25) is 6.79 Å². The number of carbonyl (C=O) groups is 1. The number of anilines is 1. The van der Waals surface area contributed by atoms with E-state index in [-0.39, 0.29) is 12.1 Å². The van der Waals surface area contributed by atoms with Gasteiger partial charge in [-0.1, -0.05) is 6.92 Å². The highest BCUT2D eigenvalue weighted by atomic mass is 16.7. The molecule has 0 bridgehead atoms. The molecule has 0 aliphatic carbocycles. The number of benzene rings is 1. The van der Waals surface area contributed by atoms with Gasteiger partial charge in [-0.15, -0.1) is 0 Å². The van der Waals surface area contributed by atoms with Gasteiger partial charge in [0, 0.05) is 44.0 Å². The zero-order valence-electron chi connectivity index (χ0n) is 13.2. The Hall–Kier alpha value is -2.11. The van der Waals surface area contributed by atoms with Crippen molar-refractivity contribution >= 4 is 11.7 Å². The predicted molar refractivity (Wildman–Crippen MR) is 84.6 cm³/mol. The Kier molecular flexibility index (Phi) is 4.27. The van der Waals surface area contributed by atoms with E-state index in [1.807, 2.05) is 30.0 Å². The van der Waals surface area contributed by atoms with Crippen LogP contribution in [0.25, 0.3) is 0 Å². The van der Waals surface area contributed by atoms with E-state index in [4.69, 9.17) is 9.47 Å². The lowest BCUT2D eigenvalue weighted by Gasteiger charge is -2.36. The van der Waals surface area contributed by atoms with Crippen LogP contribution in [0.15, 0.2) is 18.2 Å². The average molecular weight is 305 g/mol. The summed E-state index contributed by atoms with van der Waals surface area (Å²) < 4.78 is 10.8. The molecule has 22 heavy (non-hydrogen) atoms. The molecule has 1 aromatic rings. The zero-order valence-corrected chi connectivity index (χ0v) is 13.2. The number of rotatable bonds is 3. The number of hydrogen-bond donors (Lipinski definition) is 1. The topological polar surface area (TPSA) is 54.0 Å². The molecule has 6 nitrogen and oxygen atoms in total. The van der Waals surface area contributed by atoms with Gasteiger partial charge in [0.25, 0.3) is 0 Å². The monoisotopic (exact) mass is 305 g/mol. The molecule has 0 aromatic heterocycles. The molecule has 1 aromatic carbocycles. The van der Waals surface area contributed by atoms with Crippen molar-refractivity contribution in [1.29, 1.82) is 0 Å². The van der Waals surface area contributed by atoms with Crippen molar-refractivity contribution in [2.75, 3.05) is 37.9 Å². The maximum Gasteiger partial charge on any atom is 0.317 e. The number of hydrogen-bond acceptors (Lipinski definition) is 4. The minimum absolute atomic E-state index is 0.0414. The van der Waals surface area contributed by atoms with Crippen LogP contribution in [0.1, 0.15) is 20.3 Å². The van der Waals surface area contributed by atoms with Crippen LogP contribution in [-0.4, -0.2) is 49.9 Å². The molecule has 1 unspecified atom stereocenters. The SMILES string of the molecule is CCC(C)NC(=O)N1CCN(c2ccc3c(c2)OCO3)CC1. The summed E-state index contributed by atoms with van der Waals surface area (Å²) in [4.78, 5) is 16.3. The minimum atomic E-state index is 0.0414. The quantitative estimate of drug-likeness (QED) is 0.928. The molecule has 2 heterocycles. The molecule has 1 N–H and O–H groups in total. The Labute approximate surface area is 131 Å². The van der Waals surface area contributed by atoms with Crippen molar-refractivity contribution in [2.45, 2.75) is 26.3 Å². The van der Waals surface area contributed by atoms with Crippen molar-refractivity contribution in [3.8, 4) is 11.5 Å². The summed E-state index contributed by atoms with van der Waals surface area (Å²) in [5.41, 5.74) is 1.12. The summed E-state index contributed by atoms with van der Waals surface area (Å²) in [7, 11) is 0. The van der Waals surface area contributed by atoms with Gasteiger partial charge in [0.15, 0.2) is 11.5 Å². The number of nitrogens with zero attached hydrogens (tertiary/aromatic N) is 2. The molecular weight excluding hydrogens is 282 g/mol. The first-order chi connectivity index (χ1) is 10.7. The van der Waals surface area contributed by atoms with E-state index in [1.54, 1.807) is 0 Å². The Morgan fingerprint density at radius 2 is 1.95 bits per heavy atom. The number of urea groups is 1. The van der Waals surface area contributed by atoms with Gasteiger partial charge in [0.05, 0.1) is 0 Å². The smallest absolute Gasteiger partial charge is 0.317 e. The van der Waals surface area contributed by atoms with Crippen molar-refractivity contribution in [3.05, 3.63) is 18.2 Å². The van der Waals surface area contributed by atoms with Gasteiger partial charge in [-0.3, -0.25) is 0 Å². The second kappa shape index (κ2) is 6.34. The van der Waals surface area contributed by atoms with E-state index in [1.165, 1.54) is 0 Å². The fourth-order valence-corrected chi connectivity index (χ4v) is 2.65. The summed E-state index contributed by atoms with van der Waals surface area (Å²) in [6.45, 7) is 7.51. The van der Waals surface area contributed by atoms with Crippen LogP contribution < -0.4 is 19.7 Å². The summed E-state index contributed by atoms with van der Waals surface area (Å²) in [5, 5.41) is 3.02. The number of carbonyl (C=O) groups excluding carboxylic acids is 1. The summed E-state index contributed by atoms with van der Waals surface area (Å²) in [6, 6.07) is 6.26. The summed E-state index contributed by atoms with van der Waals surface area (Å²) in [5.74, 6) is 1.60. The molecule has 2 amide bonds. The van der Waals surface area contributed by atoms with Crippen molar-refractivity contribution in [2.24, 2.45) is 0 Å². The number of amides is 2. The standard InChI is InChI=1S/C16H23N3O3/c1-3-12(2)17-16(20)19-8-6-18(7-9-19)13-4-5-14-15(10-13)22-11-21-14/h4-5,10,12H,3,6-9,11H2,1-2H3,(H,17,20). The van der Waals surface area contributed by atoms with E-state index >= 15 is 0 Å². The average Bonchev–Trinajstić information content (AvgIpc) is 3.02. The molecule has 6 heteroatoms. The number of nitrogens with one attached hydrogen (secondary N) is 1. The first-order valence-corrected chi connectivity index (χ1v) is 7.87. The molecule has 0 saturated carbocycles. The van der Waals surface area contributed by atoms with Crippen LogP contribution in [0.2, 0.25) is 0 Å². The third-order valence-electron chi connectivity index (χ3n) is 4.27. The second-order valence-electron chi connectivity index (χ2n) is 5.77. The van der Waals surface area contributed by atoms with Crippen molar-refractivity contribution in [1.82, 2.24) is 10.2 Å². The van der Waals surface area contributed by atoms with Gasteiger partial charge in [-0.2, -0.15) is 0 Å². The molecule has 2 aliphatic heterocycles. The van der Waals surface area contributed by atoms with Crippen LogP contribution in [0.5, 0.6) is 11.5 Å². The zero-order chi connectivity index (χ0) is 15.5. The third-order valence-corrected chi connectivity index (χ3v) is 4.27. The van der Waals surface area contributed by atoms with Crippen LogP contribution in [0.4, 0.5) is 10.5 Å². The lowest BCUT2D eigenvalue weighted by atomic mass is 10.2. The molecule has 120 valence electrons. The van der Waals surface area contributed by atoms with Crippen LogP contribution >= 0.6 is 0 Å². The lowest BCUT2D eigenvalue weighted by Crippen LogP contribution is -2.53. The van der Waals surface area contributed by atoms with E-state index in [9.17, 15) is 4.79 Å².